The summed E-state index contributed by atoms with van der Waals surface area (Å²) in [6.07, 6.45) is 4.46. The number of urea groups is 1. The van der Waals surface area contributed by atoms with Crippen molar-refractivity contribution in [1.29, 1.82) is 0 Å². The van der Waals surface area contributed by atoms with Crippen molar-refractivity contribution >= 4 is 12.0 Å². The van der Waals surface area contributed by atoms with Crippen LogP contribution in [0.25, 0.3) is 5.69 Å². The van der Waals surface area contributed by atoms with Gasteiger partial charge in [0.25, 0.3) is 0 Å². The number of benzene rings is 1. The average molecular weight is 360 g/mol. The molecule has 0 saturated carbocycles. The Balaban J connectivity index is 1.66. The fourth-order valence-electron chi connectivity index (χ4n) is 3.11. The van der Waals surface area contributed by atoms with E-state index < -0.39 is 23.7 Å². The maximum absolute atomic E-state index is 14.4. The number of likely N-dealkylation sites (tertiary alicyclic amines) is 1. The summed E-state index contributed by atoms with van der Waals surface area (Å²) in [5.74, 6) is -1.85. The highest BCUT2D eigenvalue weighted by Gasteiger charge is 2.28. The minimum absolute atomic E-state index is 0.195. The first kappa shape index (κ1) is 17.9. The van der Waals surface area contributed by atoms with Crippen molar-refractivity contribution in [2.24, 2.45) is 5.92 Å². The van der Waals surface area contributed by atoms with E-state index in [9.17, 15) is 14.0 Å². The van der Waals surface area contributed by atoms with E-state index in [1.165, 1.54) is 15.6 Å². The fraction of sp³-hybridized carbons (Fsp3) is 0.389. The number of hydrogen-bond acceptors (Lipinski definition) is 3. The summed E-state index contributed by atoms with van der Waals surface area (Å²) in [5, 5.41) is 15.9. The van der Waals surface area contributed by atoms with E-state index in [-0.39, 0.29) is 12.6 Å². The van der Waals surface area contributed by atoms with Crippen LogP contribution < -0.4 is 5.32 Å². The Labute approximate surface area is 150 Å². The number of halogens is 1. The zero-order chi connectivity index (χ0) is 18.7. The van der Waals surface area contributed by atoms with E-state index in [4.69, 9.17) is 5.11 Å². The Bertz CT molecular complexity index is 794. The molecule has 2 atom stereocenters. The molecule has 0 aliphatic carbocycles. The van der Waals surface area contributed by atoms with Crippen LogP contribution in [0.15, 0.2) is 36.7 Å². The first-order chi connectivity index (χ1) is 12.5. The SMILES string of the molecule is C[C@@H](NC(=O)N1CCCC(C(=O)O)C1)c1ccc(-n2cccn2)c(F)c1. The molecule has 3 rings (SSSR count). The van der Waals surface area contributed by atoms with Crippen molar-refractivity contribution in [1.82, 2.24) is 20.0 Å². The Morgan fingerprint density at radius 1 is 1.42 bits per heavy atom. The lowest BCUT2D eigenvalue weighted by Crippen LogP contribution is -2.47. The second-order valence-corrected chi connectivity index (χ2v) is 6.46. The zero-order valence-electron chi connectivity index (χ0n) is 14.4. The Kier molecular flexibility index (Phi) is 5.20. The van der Waals surface area contributed by atoms with Crippen molar-refractivity contribution in [3.8, 4) is 5.69 Å². The van der Waals surface area contributed by atoms with Gasteiger partial charge in [-0.2, -0.15) is 5.10 Å². The van der Waals surface area contributed by atoms with E-state index in [1.54, 1.807) is 37.5 Å². The number of hydrogen-bond donors (Lipinski definition) is 2. The van der Waals surface area contributed by atoms with Gasteiger partial charge in [-0.1, -0.05) is 6.07 Å². The van der Waals surface area contributed by atoms with E-state index in [0.717, 1.165) is 0 Å². The van der Waals surface area contributed by atoms with E-state index >= 15 is 0 Å². The summed E-state index contributed by atoms with van der Waals surface area (Å²) >= 11 is 0. The van der Waals surface area contributed by atoms with Gasteiger partial charge in [0.2, 0.25) is 0 Å². The molecule has 2 aromatic rings. The lowest BCUT2D eigenvalue weighted by Gasteiger charge is -2.31. The van der Waals surface area contributed by atoms with Crippen molar-refractivity contribution in [2.75, 3.05) is 13.1 Å². The van der Waals surface area contributed by atoms with Gasteiger partial charge < -0.3 is 15.3 Å². The van der Waals surface area contributed by atoms with Crippen LogP contribution in [-0.2, 0) is 4.79 Å². The Morgan fingerprint density at radius 2 is 2.23 bits per heavy atom. The predicted molar refractivity (Wildman–Crippen MR) is 92.4 cm³/mol. The molecule has 1 saturated heterocycles. The van der Waals surface area contributed by atoms with Gasteiger partial charge in [0.1, 0.15) is 11.5 Å². The molecule has 1 aliphatic rings. The summed E-state index contributed by atoms with van der Waals surface area (Å²) in [6, 6.07) is 5.69. The number of carboxylic acids is 1. The van der Waals surface area contributed by atoms with Crippen molar-refractivity contribution in [2.45, 2.75) is 25.8 Å². The van der Waals surface area contributed by atoms with Gasteiger partial charge in [-0.05, 0) is 43.5 Å². The number of amides is 2. The topological polar surface area (TPSA) is 87.5 Å². The number of aromatic nitrogens is 2. The molecule has 7 nitrogen and oxygen atoms in total. The number of nitrogens with zero attached hydrogens (tertiary/aromatic N) is 3. The number of carboxylic acid groups (broad SMARTS) is 1. The van der Waals surface area contributed by atoms with Crippen LogP contribution in [0.5, 0.6) is 0 Å². The molecule has 1 aromatic heterocycles. The summed E-state index contributed by atoms with van der Waals surface area (Å²) in [5.41, 5.74) is 0.955. The van der Waals surface area contributed by atoms with Crippen LogP contribution in [-0.4, -0.2) is 44.9 Å². The Hall–Kier alpha value is -2.90. The minimum atomic E-state index is -0.883. The number of nitrogens with one attached hydrogen (secondary N) is 1. The summed E-state index contributed by atoms with van der Waals surface area (Å²) in [7, 11) is 0. The Morgan fingerprint density at radius 3 is 2.88 bits per heavy atom. The normalized spacial score (nSPS) is 18.4. The number of rotatable bonds is 4. The quantitative estimate of drug-likeness (QED) is 0.877. The largest absolute Gasteiger partial charge is 0.481 e. The van der Waals surface area contributed by atoms with Crippen LogP contribution in [0.2, 0.25) is 0 Å². The molecule has 26 heavy (non-hydrogen) atoms. The third-order valence-electron chi connectivity index (χ3n) is 4.62. The molecular weight excluding hydrogens is 339 g/mol. The van der Waals surface area contributed by atoms with Crippen LogP contribution in [0.4, 0.5) is 9.18 Å². The molecule has 2 heterocycles. The molecule has 1 unspecified atom stereocenters. The molecular formula is C18H21FN4O3. The van der Waals surface area contributed by atoms with E-state index in [2.05, 4.69) is 10.4 Å². The molecule has 1 aromatic carbocycles. The van der Waals surface area contributed by atoms with Crippen LogP contribution in [0, 0.1) is 11.7 Å². The molecule has 2 N–H and O–H groups in total. The highest BCUT2D eigenvalue weighted by molar-refractivity contribution is 5.77. The first-order valence-corrected chi connectivity index (χ1v) is 8.53. The molecule has 1 fully saturated rings. The monoisotopic (exact) mass is 360 g/mol. The third-order valence-corrected chi connectivity index (χ3v) is 4.62. The number of carbonyl (C=O) groups excluding carboxylic acids is 1. The molecule has 138 valence electrons. The molecule has 2 amide bonds. The summed E-state index contributed by atoms with van der Waals surface area (Å²) < 4.78 is 15.8. The van der Waals surface area contributed by atoms with Crippen molar-refractivity contribution < 1.29 is 19.1 Å². The molecule has 0 bridgehead atoms. The zero-order valence-corrected chi connectivity index (χ0v) is 14.4. The predicted octanol–water partition coefficient (Wildman–Crippen LogP) is 2.58. The van der Waals surface area contributed by atoms with Gasteiger partial charge in [0, 0.05) is 25.5 Å². The van der Waals surface area contributed by atoms with Crippen molar-refractivity contribution in [3.63, 3.8) is 0 Å². The summed E-state index contributed by atoms with van der Waals surface area (Å²) in [6.45, 7) is 2.48. The number of aliphatic carboxylic acids is 1. The van der Waals surface area contributed by atoms with Gasteiger partial charge in [0.15, 0.2) is 0 Å². The van der Waals surface area contributed by atoms with Gasteiger partial charge in [-0.15, -0.1) is 0 Å². The van der Waals surface area contributed by atoms with E-state index in [1.807, 2.05) is 0 Å². The van der Waals surface area contributed by atoms with Gasteiger partial charge >= 0.3 is 12.0 Å². The second kappa shape index (κ2) is 7.55. The second-order valence-electron chi connectivity index (χ2n) is 6.46. The number of piperidine rings is 1. The van der Waals surface area contributed by atoms with E-state index in [0.29, 0.717) is 30.6 Å². The summed E-state index contributed by atoms with van der Waals surface area (Å²) in [4.78, 5) is 25.0. The third kappa shape index (κ3) is 3.84. The smallest absolute Gasteiger partial charge is 0.317 e. The molecule has 8 heteroatoms. The average Bonchev–Trinajstić information content (AvgIpc) is 3.16. The lowest BCUT2D eigenvalue weighted by molar-refractivity contribution is -0.143. The fourth-order valence-corrected chi connectivity index (χ4v) is 3.11. The minimum Gasteiger partial charge on any atom is -0.481 e. The van der Waals surface area contributed by atoms with Crippen molar-refractivity contribution in [3.05, 3.63) is 48.0 Å². The van der Waals surface area contributed by atoms with Crippen LogP contribution in [0.3, 0.4) is 0 Å². The molecule has 1 aliphatic heterocycles. The lowest BCUT2D eigenvalue weighted by atomic mass is 9.98. The number of carbonyl (C=O) groups is 2. The van der Waals surface area contributed by atoms with Gasteiger partial charge in [-0.3, -0.25) is 4.79 Å². The maximum atomic E-state index is 14.4. The van der Waals surface area contributed by atoms with Crippen LogP contribution >= 0.6 is 0 Å². The highest BCUT2D eigenvalue weighted by atomic mass is 19.1. The van der Waals surface area contributed by atoms with Gasteiger partial charge in [-0.25, -0.2) is 13.9 Å². The van der Waals surface area contributed by atoms with Crippen LogP contribution in [0.1, 0.15) is 31.4 Å². The highest BCUT2D eigenvalue weighted by Crippen LogP contribution is 2.21. The molecule has 0 radical (unpaired) electrons. The first-order valence-electron chi connectivity index (χ1n) is 8.53. The van der Waals surface area contributed by atoms with Gasteiger partial charge in [0.05, 0.1) is 12.0 Å². The standard InChI is InChI=1S/C18H21FN4O3/c1-12(21-18(26)22-8-2-4-14(11-22)17(24)25)13-5-6-16(15(19)10-13)23-9-3-7-20-23/h3,5-7,9-10,12,14H,2,4,8,11H2,1H3,(H,21,26)(H,24,25)/t12-,14?/m1/s1. The maximum Gasteiger partial charge on any atom is 0.317 e. The molecule has 0 spiro atoms.